The molecule has 1 aromatic carbocycles. The van der Waals surface area contributed by atoms with Gasteiger partial charge in [-0.25, -0.2) is 14.0 Å². The van der Waals surface area contributed by atoms with Gasteiger partial charge in [-0.15, -0.1) is 0 Å². The van der Waals surface area contributed by atoms with Crippen LogP contribution < -0.4 is 10.6 Å². The first-order chi connectivity index (χ1) is 8.95. The Kier molecular flexibility index (Phi) is 5.53. The van der Waals surface area contributed by atoms with E-state index in [9.17, 15) is 14.0 Å². The zero-order chi connectivity index (χ0) is 14.4. The first kappa shape index (κ1) is 15.2. The number of aliphatic carboxylic acids is 1. The Labute approximate surface area is 113 Å². The maximum Gasteiger partial charge on any atom is 0.326 e. The molecule has 104 valence electrons. The summed E-state index contributed by atoms with van der Waals surface area (Å²) in [4.78, 5) is 22.2. The number of carbonyl (C=O) groups is 2. The first-order valence-corrected chi connectivity index (χ1v) is 5.68. The van der Waals surface area contributed by atoms with Crippen molar-refractivity contribution < 1.29 is 24.2 Å². The van der Waals surface area contributed by atoms with Crippen LogP contribution in [0.5, 0.6) is 0 Å². The molecule has 0 aliphatic rings. The highest BCUT2D eigenvalue weighted by Gasteiger charge is 2.19. The second-order valence-electron chi connectivity index (χ2n) is 3.60. The van der Waals surface area contributed by atoms with Gasteiger partial charge in [-0.05, 0) is 12.1 Å². The Morgan fingerprint density at radius 3 is 2.68 bits per heavy atom. The van der Waals surface area contributed by atoms with Crippen molar-refractivity contribution in [3.8, 4) is 0 Å². The van der Waals surface area contributed by atoms with Crippen LogP contribution in [0, 0.1) is 5.82 Å². The SMILES string of the molecule is O=C(Nc1cccc(Cl)c1F)N[C@@H](CCO)C(=O)O. The van der Waals surface area contributed by atoms with Crippen molar-refractivity contribution in [1.29, 1.82) is 0 Å². The predicted molar refractivity (Wildman–Crippen MR) is 66.7 cm³/mol. The fraction of sp³-hybridized carbons (Fsp3) is 0.273. The van der Waals surface area contributed by atoms with Crippen LogP contribution >= 0.6 is 11.6 Å². The van der Waals surface area contributed by atoms with Crippen LogP contribution in [0.25, 0.3) is 0 Å². The average Bonchev–Trinajstić information content (AvgIpc) is 2.34. The van der Waals surface area contributed by atoms with Gasteiger partial charge in [0.25, 0.3) is 0 Å². The van der Waals surface area contributed by atoms with E-state index in [0.29, 0.717) is 0 Å². The molecule has 0 saturated carbocycles. The van der Waals surface area contributed by atoms with Crippen LogP contribution in [0.2, 0.25) is 5.02 Å². The molecule has 0 saturated heterocycles. The number of rotatable bonds is 5. The second kappa shape index (κ2) is 6.91. The number of benzene rings is 1. The number of amides is 2. The van der Waals surface area contributed by atoms with E-state index in [0.717, 1.165) is 0 Å². The Hall–Kier alpha value is -1.86. The van der Waals surface area contributed by atoms with Gasteiger partial charge in [-0.3, -0.25) is 0 Å². The van der Waals surface area contributed by atoms with E-state index in [4.69, 9.17) is 21.8 Å². The van der Waals surface area contributed by atoms with Gasteiger partial charge in [-0.2, -0.15) is 0 Å². The molecule has 1 rings (SSSR count). The summed E-state index contributed by atoms with van der Waals surface area (Å²) in [6.45, 7) is -0.400. The fourth-order valence-corrected chi connectivity index (χ4v) is 1.48. The van der Waals surface area contributed by atoms with E-state index < -0.39 is 30.5 Å². The summed E-state index contributed by atoms with van der Waals surface area (Å²) in [7, 11) is 0. The third-order valence-electron chi connectivity index (χ3n) is 2.22. The maximum atomic E-state index is 13.5. The van der Waals surface area contributed by atoms with Gasteiger partial charge in [0, 0.05) is 13.0 Å². The minimum Gasteiger partial charge on any atom is -0.480 e. The van der Waals surface area contributed by atoms with E-state index in [1.165, 1.54) is 18.2 Å². The standard InChI is InChI=1S/C11H12ClFN2O4/c12-6-2-1-3-7(9(6)13)14-11(19)15-8(4-5-16)10(17)18/h1-3,8,16H,4-5H2,(H,17,18)(H2,14,15,19)/t8-/m0/s1. The number of carbonyl (C=O) groups excluding carboxylic acids is 1. The molecule has 0 aliphatic carbocycles. The Morgan fingerprint density at radius 2 is 2.11 bits per heavy atom. The van der Waals surface area contributed by atoms with E-state index in [-0.39, 0.29) is 17.1 Å². The van der Waals surface area contributed by atoms with Crippen molar-refractivity contribution in [2.24, 2.45) is 0 Å². The first-order valence-electron chi connectivity index (χ1n) is 5.31. The topological polar surface area (TPSA) is 98.7 Å². The molecule has 0 radical (unpaired) electrons. The molecular weight excluding hydrogens is 279 g/mol. The molecule has 0 aliphatic heterocycles. The van der Waals surface area contributed by atoms with Crippen molar-refractivity contribution in [1.82, 2.24) is 5.32 Å². The van der Waals surface area contributed by atoms with Crippen molar-refractivity contribution in [2.75, 3.05) is 11.9 Å². The Balaban J connectivity index is 2.69. The molecule has 4 N–H and O–H groups in total. The van der Waals surface area contributed by atoms with E-state index in [1.54, 1.807) is 0 Å². The molecule has 0 spiro atoms. The molecule has 0 heterocycles. The normalized spacial score (nSPS) is 11.7. The maximum absolute atomic E-state index is 13.5. The lowest BCUT2D eigenvalue weighted by Crippen LogP contribution is -2.43. The highest BCUT2D eigenvalue weighted by Crippen LogP contribution is 2.21. The van der Waals surface area contributed by atoms with Gasteiger partial charge in [0.1, 0.15) is 6.04 Å². The average molecular weight is 291 g/mol. The number of aliphatic hydroxyl groups excluding tert-OH is 1. The van der Waals surface area contributed by atoms with Gasteiger partial charge in [-0.1, -0.05) is 17.7 Å². The van der Waals surface area contributed by atoms with Crippen molar-refractivity contribution in [3.05, 3.63) is 29.0 Å². The van der Waals surface area contributed by atoms with Crippen molar-refractivity contribution in [2.45, 2.75) is 12.5 Å². The van der Waals surface area contributed by atoms with E-state index in [1.807, 2.05) is 0 Å². The number of aliphatic hydroxyl groups is 1. The van der Waals surface area contributed by atoms with Crippen LogP contribution in [-0.4, -0.2) is 34.9 Å². The number of hydrogen-bond donors (Lipinski definition) is 4. The van der Waals surface area contributed by atoms with Gasteiger partial charge < -0.3 is 20.8 Å². The van der Waals surface area contributed by atoms with Crippen LogP contribution in [-0.2, 0) is 4.79 Å². The lowest BCUT2D eigenvalue weighted by Gasteiger charge is -2.14. The largest absolute Gasteiger partial charge is 0.480 e. The summed E-state index contributed by atoms with van der Waals surface area (Å²) in [5.41, 5.74) is -0.168. The number of hydrogen-bond acceptors (Lipinski definition) is 3. The molecule has 0 aromatic heterocycles. The zero-order valence-corrected chi connectivity index (χ0v) is 10.4. The second-order valence-corrected chi connectivity index (χ2v) is 4.01. The molecule has 6 nitrogen and oxygen atoms in total. The van der Waals surface area contributed by atoms with Gasteiger partial charge in [0.15, 0.2) is 5.82 Å². The molecule has 0 bridgehead atoms. The van der Waals surface area contributed by atoms with Crippen LogP contribution in [0.3, 0.4) is 0 Å². The van der Waals surface area contributed by atoms with E-state index in [2.05, 4.69) is 10.6 Å². The van der Waals surface area contributed by atoms with Gasteiger partial charge >= 0.3 is 12.0 Å². The molecule has 2 amide bonds. The molecule has 0 fully saturated rings. The number of halogens is 2. The third kappa shape index (κ3) is 4.38. The number of carboxylic acids is 1. The lowest BCUT2D eigenvalue weighted by molar-refractivity contribution is -0.139. The summed E-state index contributed by atoms with van der Waals surface area (Å²) in [5, 5.41) is 21.5. The highest BCUT2D eigenvalue weighted by molar-refractivity contribution is 6.31. The summed E-state index contributed by atoms with van der Waals surface area (Å²) in [5.74, 6) is -2.11. The minimum absolute atomic E-state index is 0.152. The lowest BCUT2D eigenvalue weighted by atomic mass is 10.2. The summed E-state index contributed by atoms with van der Waals surface area (Å²) >= 11 is 5.53. The summed E-state index contributed by atoms with van der Waals surface area (Å²) in [6, 6.07) is 1.87. The van der Waals surface area contributed by atoms with E-state index >= 15 is 0 Å². The molecule has 19 heavy (non-hydrogen) atoms. The van der Waals surface area contributed by atoms with Gasteiger partial charge in [0.05, 0.1) is 10.7 Å². The molecule has 8 heteroatoms. The number of carboxylic acid groups (broad SMARTS) is 1. The molecule has 1 aromatic rings. The molecule has 1 atom stereocenters. The zero-order valence-electron chi connectivity index (χ0n) is 9.69. The van der Waals surface area contributed by atoms with Gasteiger partial charge in [0.2, 0.25) is 0 Å². The molecular formula is C11H12ClFN2O4. The third-order valence-corrected chi connectivity index (χ3v) is 2.51. The van der Waals surface area contributed by atoms with Crippen LogP contribution in [0.1, 0.15) is 6.42 Å². The van der Waals surface area contributed by atoms with Crippen molar-refractivity contribution >= 4 is 29.3 Å². The smallest absolute Gasteiger partial charge is 0.326 e. The van der Waals surface area contributed by atoms with Crippen LogP contribution in [0.4, 0.5) is 14.9 Å². The Bertz CT molecular complexity index is 484. The van der Waals surface area contributed by atoms with Crippen molar-refractivity contribution in [3.63, 3.8) is 0 Å². The molecule has 0 unspecified atom stereocenters. The fourth-order valence-electron chi connectivity index (χ4n) is 1.30. The minimum atomic E-state index is -1.30. The number of anilines is 1. The highest BCUT2D eigenvalue weighted by atomic mass is 35.5. The summed E-state index contributed by atoms with van der Waals surface area (Å²) in [6.07, 6.45) is -0.152. The van der Waals surface area contributed by atoms with Crippen LogP contribution in [0.15, 0.2) is 18.2 Å². The predicted octanol–water partition coefficient (Wildman–Crippen LogP) is 1.44. The Morgan fingerprint density at radius 1 is 1.42 bits per heavy atom. The monoisotopic (exact) mass is 290 g/mol. The summed E-state index contributed by atoms with van der Waals surface area (Å²) < 4.78 is 13.5. The quantitative estimate of drug-likeness (QED) is 0.659. The number of urea groups is 1. The number of nitrogens with one attached hydrogen (secondary N) is 2.